The Kier molecular flexibility index (Phi) is 4.91. The summed E-state index contributed by atoms with van der Waals surface area (Å²) in [7, 11) is 0.974. The highest BCUT2D eigenvalue weighted by Gasteiger charge is 2.35. The van der Waals surface area contributed by atoms with Crippen molar-refractivity contribution in [3.63, 3.8) is 0 Å². The zero-order valence-corrected chi connectivity index (χ0v) is 12.4. The number of alkyl halides is 6. The van der Waals surface area contributed by atoms with Crippen LogP contribution < -0.4 is 4.74 Å². The van der Waals surface area contributed by atoms with Gasteiger partial charge in [0, 0.05) is 5.56 Å². The van der Waals surface area contributed by atoms with Gasteiger partial charge in [-0.1, -0.05) is 12.1 Å². The van der Waals surface area contributed by atoms with Crippen molar-refractivity contribution in [2.75, 3.05) is 7.11 Å². The third kappa shape index (κ3) is 4.40. The summed E-state index contributed by atoms with van der Waals surface area (Å²) in [5, 5.41) is 0. The Morgan fingerprint density at radius 3 is 2.20 bits per heavy atom. The molecule has 0 bridgehead atoms. The minimum absolute atomic E-state index is 0.436. The molecule has 1 heterocycles. The Morgan fingerprint density at radius 2 is 1.64 bits per heavy atom. The molecule has 134 valence electrons. The van der Waals surface area contributed by atoms with Crippen LogP contribution in [-0.4, -0.2) is 24.4 Å². The van der Waals surface area contributed by atoms with Crippen LogP contribution in [0, 0.1) is 0 Å². The van der Waals surface area contributed by atoms with Gasteiger partial charge in [-0.15, -0.1) is 13.2 Å². The molecule has 10 heteroatoms. The Morgan fingerprint density at radius 1 is 1.00 bits per heavy atom. The number of pyridine rings is 1. The van der Waals surface area contributed by atoms with E-state index in [1.54, 1.807) is 0 Å². The molecule has 25 heavy (non-hydrogen) atoms. The summed E-state index contributed by atoms with van der Waals surface area (Å²) in [5.41, 5.74) is -2.89. The van der Waals surface area contributed by atoms with Crippen molar-refractivity contribution in [2.24, 2.45) is 0 Å². The smallest absolute Gasteiger partial charge is 0.465 e. The Hall–Kier alpha value is -2.78. The summed E-state index contributed by atoms with van der Waals surface area (Å²) in [5.74, 6) is -1.86. The van der Waals surface area contributed by atoms with E-state index in [-0.39, 0.29) is 0 Å². The van der Waals surface area contributed by atoms with Crippen molar-refractivity contribution in [1.29, 1.82) is 0 Å². The predicted molar refractivity (Wildman–Crippen MR) is 72.7 cm³/mol. The van der Waals surface area contributed by atoms with E-state index < -0.39 is 46.8 Å². The van der Waals surface area contributed by atoms with Crippen molar-refractivity contribution < 1.29 is 40.6 Å². The van der Waals surface area contributed by atoms with E-state index in [2.05, 4.69) is 14.5 Å². The number of rotatable bonds is 3. The van der Waals surface area contributed by atoms with Gasteiger partial charge in [-0.3, -0.25) is 0 Å². The molecule has 2 aromatic rings. The van der Waals surface area contributed by atoms with E-state index in [1.165, 1.54) is 12.1 Å². The average molecular weight is 365 g/mol. The zero-order chi connectivity index (χ0) is 18.8. The molecule has 0 spiro atoms. The quantitative estimate of drug-likeness (QED) is 0.596. The number of methoxy groups -OCH3 is 1. The number of esters is 1. The first-order valence-electron chi connectivity index (χ1n) is 6.54. The second-order valence-corrected chi connectivity index (χ2v) is 4.63. The number of hydrogen-bond donors (Lipinski definition) is 0. The van der Waals surface area contributed by atoms with E-state index >= 15 is 0 Å². The Balaban J connectivity index is 2.70. The molecule has 0 radical (unpaired) electrons. The summed E-state index contributed by atoms with van der Waals surface area (Å²) >= 11 is 0. The molecule has 0 saturated carbocycles. The maximum atomic E-state index is 12.9. The van der Waals surface area contributed by atoms with Crippen LogP contribution in [0.2, 0.25) is 0 Å². The van der Waals surface area contributed by atoms with Crippen molar-refractivity contribution in [3.05, 3.63) is 47.7 Å². The lowest BCUT2D eigenvalue weighted by Crippen LogP contribution is -2.18. The number of ether oxygens (including phenoxy) is 2. The van der Waals surface area contributed by atoms with Crippen molar-refractivity contribution in [2.45, 2.75) is 12.5 Å². The van der Waals surface area contributed by atoms with Gasteiger partial charge in [-0.2, -0.15) is 13.2 Å². The van der Waals surface area contributed by atoms with Crippen LogP contribution in [0.3, 0.4) is 0 Å². The number of carbonyl (C=O) groups excluding carboxylic acids is 1. The summed E-state index contributed by atoms with van der Waals surface area (Å²) < 4.78 is 84.4. The first kappa shape index (κ1) is 18.6. The molecule has 0 aliphatic heterocycles. The standard InChI is InChI=1S/C15H9F6NO3/c1-24-13(23)9-6-7-11(14(16,17)18)22-12(9)8-4-2-3-5-10(8)25-15(19,20)21/h2-7H,1H3. The lowest BCUT2D eigenvalue weighted by atomic mass is 10.0. The van der Waals surface area contributed by atoms with Crippen molar-refractivity contribution in [1.82, 2.24) is 4.98 Å². The van der Waals surface area contributed by atoms with Crippen LogP contribution >= 0.6 is 0 Å². The maximum absolute atomic E-state index is 12.9. The molecule has 0 saturated heterocycles. The summed E-state index contributed by atoms with van der Waals surface area (Å²) in [6.07, 6.45) is -9.94. The molecular formula is C15H9F6NO3. The third-order valence-corrected chi connectivity index (χ3v) is 2.96. The van der Waals surface area contributed by atoms with Gasteiger partial charge >= 0.3 is 18.5 Å². The minimum Gasteiger partial charge on any atom is -0.465 e. The SMILES string of the molecule is COC(=O)c1ccc(C(F)(F)F)nc1-c1ccccc1OC(F)(F)F. The summed E-state index contributed by atoms with van der Waals surface area (Å²) in [6, 6.07) is 5.71. The third-order valence-electron chi connectivity index (χ3n) is 2.96. The van der Waals surface area contributed by atoms with Gasteiger partial charge in [0.05, 0.1) is 18.4 Å². The fraction of sp³-hybridized carbons (Fsp3) is 0.200. The van der Waals surface area contributed by atoms with Gasteiger partial charge in [0.15, 0.2) is 0 Å². The van der Waals surface area contributed by atoms with Crippen LogP contribution in [0.15, 0.2) is 36.4 Å². The van der Waals surface area contributed by atoms with Gasteiger partial charge in [0.25, 0.3) is 0 Å². The van der Waals surface area contributed by atoms with Crippen LogP contribution in [0.1, 0.15) is 16.1 Å². The largest absolute Gasteiger partial charge is 0.573 e. The lowest BCUT2D eigenvalue weighted by molar-refractivity contribution is -0.274. The van der Waals surface area contributed by atoms with Crippen LogP contribution in [0.25, 0.3) is 11.3 Å². The molecule has 1 aromatic carbocycles. The summed E-state index contributed by atoms with van der Waals surface area (Å²) in [4.78, 5) is 15.1. The van der Waals surface area contributed by atoms with E-state index in [1.807, 2.05) is 0 Å². The molecule has 0 N–H and O–H groups in total. The number of hydrogen-bond acceptors (Lipinski definition) is 4. The van der Waals surface area contributed by atoms with E-state index in [9.17, 15) is 31.1 Å². The maximum Gasteiger partial charge on any atom is 0.573 e. The first-order valence-corrected chi connectivity index (χ1v) is 6.54. The van der Waals surface area contributed by atoms with E-state index in [4.69, 9.17) is 0 Å². The van der Waals surface area contributed by atoms with Gasteiger partial charge in [-0.05, 0) is 24.3 Å². The number of halogens is 6. The monoisotopic (exact) mass is 365 g/mol. The lowest BCUT2D eigenvalue weighted by Gasteiger charge is -2.16. The second-order valence-electron chi connectivity index (χ2n) is 4.63. The first-order chi connectivity index (χ1) is 11.5. The number of carbonyl (C=O) groups is 1. The molecular weight excluding hydrogens is 356 g/mol. The predicted octanol–water partition coefficient (Wildman–Crippen LogP) is 4.45. The average Bonchev–Trinajstić information content (AvgIpc) is 2.52. The topological polar surface area (TPSA) is 48.4 Å². The van der Waals surface area contributed by atoms with Gasteiger partial charge in [0.1, 0.15) is 11.4 Å². The van der Waals surface area contributed by atoms with Crippen molar-refractivity contribution >= 4 is 5.97 Å². The molecule has 0 atom stereocenters. The highest BCUT2D eigenvalue weighted by molar-refractivity contribution is 5.96. The number of aromatic nitrogens is 1. The fourth-order valence-electron chi connectivity index (χ4n) is 1.97. The van der Waals surface area contributed by atoms with E-state index in [0.717, 1.165) is 25.3 Å². The normalized spacial score (nSPS) is 12.0. The number of nitrogens with zero attached hydrogens (tertiary/aromatic N) is 1. The molecule has 0 aliphatic carbocycles. The van der Waals surface area contributed by atoms with E-state index in [0.29, 0.717) is 6.07 Å². The number of benzene rings is 1. The van der Waals surface area contributed by atoms with Gasteiger partial charge in [0.2, 0.25) is 0 Å². The minimum atomic E-state index is -5.08. The van der Waals surface area contributed by atoms with Gasteiger partial charge < -0.3 is 9.47 Å². The molecule has 0 unspecified atom stereocenters. The van der Waals surface area contributed by atoms with Crippen LogP contribution in [0.5, 0.6) is 5.75 Å². The van der Waals surface area contributed by atoms with Crippen LogP contribution in [-0.2, 0) is 10.9 Å². The molecule has 0 amide bonds. The Labute approximate surface area is 137 Å². The van der Waals surface area contributed by atoms with Gasteiger partial charge in [-0.25, -0.2) is 9.78 Å². The molecule has 4 nitrogen and oxygen atoms in total. The fourth-order valence-corrected chi connectivity index (χ4v) is 1.97. The summed E-state index contributed by atoms with van der Waals surface area (Å²) in [6.45, 7) is 0. The molecule has 0 fully saturated rings. The van der Waals surface area contributed by atoms with Crippen LogP contribution in [0.4, 0.5) is 26.3 Å². The molecule has 2 rings (SSSR count). The highest BCUT2D eigenvalue weighted by atomic mass is 19.4. The second kappa shape index (κ2) is 6.61. The number of para-hydroxylation sites is 1. The highest BCUT2D eigenvalue weighted by Crippen LogP contribution is 2.37. The molecule has 1 aromatic heterocycles. The Bertz CT molecular complexity index is 786. The van der Waals surface area contributed by atoms with Crippen molar-refractivity contribution in [3.8, 4) is 17.0 Å². The molecule has 0 aliphatic rings. The zero-order valence-electron chi connectivity index (χ0n) is 12.4.